The van der Waals surface area contributed by atoms with Gasteiger partial charge in [0.15, 0.2) is 17.3 Å². The van der Waals surface area contributed by atoms with E-state index in [0.717, 1.165) is 11.5 Å². The zero-order chi connectivity index (χ0) is 21.4. The first-order chi connectivity index (χ1) is 15.0. The van der Waals surface area contributed by atoms with Gasteiger partial charge in [0.2, 0.25) is 10.0 Å². The van der Waals surface area contributed by atoms with E-state index in [9.17, 15) is 8.42 Å². The van der Waals surface area contributed by atoms with Gasteiger partial charge in [-0.2, -0.15) is 9.40 Å². The lowest BCUT2D eigenvalue weighted by molar-refractivity contribution is 0.171. The van der Waals surface area contributed by atoms with Gasteiger partial charge < -0.3 is 14.4 Å². The molecule has 0 radical (unpaired) electrons. The van der Waals surface area contributed by atoms with E-state index >= 15 is 0 Å². The molecule has 11 heteroatoms. The van der Waals surface area contributed by atoms with E-state index in [4.69, 9.17) is 9.47 Å². The number of hydrogen-bond donors (Lipinski definition) is 0. The Kier molecular flexibility index (Phi) is 4.98. The predicted molar refractivity (Wildman–Crippen MR) is 112 cm³/mol. The van der Waals surface area contributed by atoms with Crippen molar-refractivity contribution in [1.82, 2.24) is 24.1 Å². The lowest BCUT2D eigenvalue weighted by Gasteiger charge is -2.34. The van der Waals surface area contributed by atoms with Crippen molar-refractivity contribution in [2.24, 2.45) is 0 Å². The van der Waals surface area contributed by atoms with Crippen LogP contribution in [0.5, 0.6) is 11.5 Å². The quantitative estimate of drug-likeness (QED) is 0.595. The number of nitrogens with zero attached hydrogens (tertiary/aromatic N) is 6. The summed E-state index contributed by atoms with van der Waals surface area (Å²) in [5.74, 6) is 2.45. The maximum absolute atomic E-state index is 13.1. The fraction of sp³-hybridized carbons (Fsp3) is 0.350. The maximum atomic E-state index is 13.1. The second-order valence-electron chi connectivity index (χ2n) is 7.33. The van der Waals surface area contributed by atoms with Gasteiger partial charge in [0, 0.05) is 44.5 Å². The van der Waals surface area contributed by atoms with E-state index in [0.29, 0.717) is 56.7 Å². The van der Waals surface area contributed by atoms with Crippen molar-refractivity contribution in [3.63, 3.8) is 0 Å². The molecule has 1 aromatic carbocycles. The van der Waals surface area contributed by atoms with Crippen molar-refractivity contribution in [2.75, 3.05) is 44.3 Å². The van der Waals surface area contributed by atoms with E-state index in [1.807, 2.05) is 25.3 Å². The number of hydrogen-bond acceptors (Lipinski definition) is 8. The van der Waals surface area contributed by atoms with E-state index in [1.165, 1.54) is 10.6 Å². The molecule has 2 aromatic heterocycles. The highest BCUT2D eigenvalue weighted by Gasteiger charge is 2.30. The zero-order valence-corrected chi connectivity index (χ0v) is 17.8. The number of aromatic nitrogens is 4. The van der Waals surface area contributed by atoms with E-state index in [1.54, 1.807) is 22.9 Å². The molecule has 5 rings (SSSR count). The van der Waals surface area contributed by atoms with Gasteiger partial charge in [-0.1, -0.05) is 0 Å². The number of ether oxygens (including phenoxy) is 2. The third-order valence-electron chi connectivity index (χ3n) is 5.31. The molecular formula is C20H22N6O4S. The van der Waals surface area contributed by atoms with Crippen molar-refractivity contribution in [1.29, 1.82) is 0 Å². The van der Waals surface area contributed by atoms with Gasteiger partial charge in [0.25, 0.3) is 0 Å². The highest BCUT2D eigenvalue weighted by molar-refractivity contribution is 7.89. The Bertz CT molecular complexity index is 1200. The molecule has 2 aliphatic rings. The van der Waals surface area contributed by atoms with Crippen LogP contribution in [-0.4, -0.2) is 71.9 Å². The van der Waals surface area contributed by atoms with Crippen molar-refractivity contribution < 1.29 is 17.9 Å². The molecule has 0 unspecified atom stereocenters. The maximum Gasteiger partial charge on any atom is 0.243 e. The molecule has 3 aromatic rings. The third kappa shape index (κ3) is 3.81. The average molecular weight is 443 g/mol. The molecule has 0 atom stereocenters. The number of piperazine rings is 1. The lowest BCUT2D eigenvalue weighted by Crippen LogP contribution is -2.49. The first kappa shape index (κ1) is 19.8. The van der Waals surface area contributed by atoms with Crippen LogP contribution in [0.25, 0.3) is 5.82 Å². The van der Waals surface area contributed by atoms with Crippen molar-refractivity contribution in [3.05, 3.63) is 48.5 Å². The largest absolute Gasteiger partial charge is 0.486 e. The van der Waals surface area contributed by atoms with Crippen LogP contribution in [0, 0.1) is 6.92 Å². The van der Waals surface area contributed by atoms with E-state index in [2.05, 4.69) is 20.0 Å². The highest BCUT2D eigenvalue weighted by Crippen LogP contribution is 2.33. The SMILES string of the molecule is Cc1ccn(-c2cc(N3CCN(S(=O)(=O)c4ccc5c(c4)OCCO5)CC3)ncn2)n1. The predicted octanol–water partition coefficient (Wildman–Crippen LogP) is 1.25. The van der Waals surface area contributed by atoms with Crippen molar-refractivity contribution >= 4 is 15.8 Å². The summed E-state index contributed by atoms with van der Waals surface area (Å²) < 4.78 is 40.5. The molecule has 0 spiro atoms. The molecule has 162 valence electrons. The van der Waals surface area contributed by atoms with Crippen LogP contribution in [0.2, 0.25) is 0 Å². The summed E-state index contributed by atoms with van der Waals surface area (Å²) >= 11 is 0. The summed E-state index contributed by atoms with van der Waals surface area (Å²) in [5.41, 5.74) is 0.901. The fourth-order valence-electron chi connectivity index (χ4n) is 3.67. The minimum atomic E-state index is -3.63. The van der Waals surface area contributed by atoms with Gasteiger partial charge in [0.1, 0.15) is 25.4 Å². The minimum Gasteiger partial charge on any atom is -0.486 e. The van der Waals surface area contributed by atoms with E-state index in [-0.39, 0.29) is 4.90 Å². The molecule has 1 fully saturated rings. The second-order valence-corrected chi connectivity index (χ2v) is 9.27. The van der Waals surface area contributed by atoms with Gasteiger partial charge in [0.05, 0.1) is 10.6 Å². The molecular weight excluding hydrogens is 420 g/mol. The molecule has 1 saturated heterocycles. The van der Waals surface area contributed by atoms with Gasteiger partial charge in [-0.25, -0.2) is 23.1 Å². The summed E-state index contributed by atoms with van der Waals surface area (Å²) in [6, 6.07) is 8.52. The van der Waals surface area contributed by atoms with Gasteiger partial charge in [-0.15, -0.1) is 0 Å². The van der Waals surface area contributed by atoms with Crippen LogP contribution in [-0.2, 0) is 10.0 Å². The Balaban J connectivity index is 1.30. The standard InChI is InChI=1S/C20H22N6O4S/c1-15-4-5-26(23-15)20-13-19(21-14-22-20)24-6-8-25(9-7-24)31(27,28)16-2-3-17-18(12-16)30-11-10-29-17/h2-5,12-14H,6-11H2,1H3. The van der Waals surface area contributed by atoms with Crippen molar-refractivity contribution in [2.45, 2.75) is 11.8 Å². The summed E-state index contributed by atoms with van der Waals surface area (Å²) in [5, 5.41) is 4.38. The lowest BCUT2D eigenvalue weighted by atomic mass is 10.3. The molecule has 4 heterocycles. The normalized spacial score (nSPS) is 17.0. The Labute approximate surface area is 180 Å². The van der Waals surface area contributed by atoms with Crippen molar-refractivity contribution in [3.8, 4) is 17.3 Å². The average Bonchev–Trinajstić information content (AvgIpc) is 3.25. The monoisotopic (exact) mass is 442 g/mol. The summed E-state index contributed by atoms with van der Waals surface area (Å²) in [7, 11) is -3.63. The Morgan fingerprint density at radius 3 is 2.39 bits per heavy atom. The molecule has 0 saturated carbocycles. The Morgan fingerprint density at radius 2 is 1.65 bits per heavy atom. The number of fused-ring (bicyclic) bond motifs is 1. The Hall–Kier alpha value is -3.18. The van der Waals surface area contributed by atoms with E-state index < -0.39 is 10.0 Å². The smallest absolute Gasteiger partial charge is 0.243 e. The molecule has 2 aliphatic heterocycles. The van der Waals surface area contributed by atoms with Crippen LogP contribution in [0.4, 0.5) is 5.82 Å². The van der Waals surface area contributed by atoms with Crippen LogP contribution in [0.1, 0.15) is 5.69 Å². The summed E-state index contributed by atoms with van der Waals surface area (Å²) in [6.45, 7) is 4.56. The zero-order valence-electron chi connectivity index (χ0n) is 17.0. The summed E-state index contributed by atoms with van der Waals surface area (Å²) in [6.07, 6.45) is 3.35. The van der Waals surface area contributed by atoms with Crippen LogP contribution < -0.4 is 14.4 Å². The van der Waals surface area contributed by atoms with Crippen LogP contribution in [0.15, 0.2) is 47.8 Å². The molecule has 31 heavy (non-hydrogen) atoms. The Morgan fingerprint density at radius 1 is 0.903 bits per heavy atom. The number of rotatable bonds is 4. The third-order valence-corrected chi connectivity index (χ3v) is 7.20. The van der Waals surface area contributed by atoms with Crippen LogP contribution in [0.3, 0.4) is 0 Å². The highest BCUT2D eigenvalue weighted by atomic mass is 32.2. The number of benzene rings is 1. The number of aryl methyl sites for hydroxylation is 1. The minimum absolute atomic E-state index is 0.212. The molecule has 0 N–H and O–H groups in total. The second kappa shape index (κ2) is 7.82. The first-order valence-electron chi connectivity index (χ1n) is 10.0. The number of anilines is 1. The topological polar surface area (TPSA) is 103 Å². The number of sulfonamides is 1. The fourth-order valence-corrected chi connectivity index (χ4v) is 5.11. The first-order valence-corrected chi connectivity index (χ1v) is 11.4. The van der Waals surface area contributed by atoms with Gasteiger partial charge >= 0.3 is 0 Å². The van der Waals surface area contributed by atoms with Crippen LogP contribution >= 0.6 is 0 Å². The molecule has 0 amide bonds. The molecule has 10 nitrogen and oxygen atoms in total. The van der Waals surface area contributed by atoms with Gasteiger partial charge in [-0.05, 0) is 25.1 Å². The summed E-state index contributed by atoms with van der Waals surface area (Å²) in [4.78, 5) is 10.9. The molecule has 0 bridgehead atoms. The molecule has 0 aliphatic carbocycles. The van der Waals surface area contributed by atoms with Gasteiger partial charge in [-0.3, -0.25) is 0 Å².